The van der Waals surface area contributed by atoms with Gasteiger partial charge in [-0.2, -0.15) is 0 Å². The number of carbonyl (C=O) groups is 2. The highest BCUT2D eigenvalue weighted by Gasteiger charge is 2.33. The van der Waals surface area contributed by atoms with Crippen molar-refractivity contribution >= 4 is 33.5 Å². The number of hydrogen-bond acceptors (Lipinski definition) is 4. The van der Waals surface area contributed by atoms with Gasteiger partial charge in [0.15, 0.2) is 5.78 Å². The molecule has 2 aromatic rings. The number of anilines is 1. The standard InChI is InChI=1S/C19H22BrNO4/c1-6-24-16-11-15(17(23)13-7-9-14(20)10-8-13)18(25-16)21(12(2)22)19(3,4)5/h7-11H,6H2,1-5H3. The molecule has 0 N–H and O–H groups in total. The predicted octanol–water partition coefficient (Wildman–Crippen LogP) is 4.82. The third-order valence-electron chi connectivity index (χ3n) is 3.52. The van der Waals surface area contributed by atoms with E-state index in [4.69, 9.17) is 9.15 Å². The van der Waals surface area contributed by atoms with Crippen LogP contribution in [-0.4, -0.2) is 23.8 Å². The minimum Gasteiger partial charge on any atom is -0.465 e. The second-order valence-corrected chi connectivity index (χ2v) is 7.49. The minimum absolute atomic E-state index is 0.205. The van der Waals surface area contributed by atoms with Crippen molar-refractivity contribution < 1.29 is 18.7 Å². The van der Waals surface area contributed by atoms with E-state index in [9.17, 15) is 9.59 Å². The summed E-state index contributed by atoms with van der Waals surface area (Å²) >= 11 is 3.36. The van der Waals surface area contributed by atoms with E-state index in [0.717, 1.165) is 4.47 Å². The van der Waals surface area contributed by atoms with E-state index in [1.807, 2.05) is 27.7 Å². The van der Waals surface area contributed by atoms with Crippen LogP contribution in [0.3, 0.4) is 0 Å². The second kappa shape index (κ2) is 7.44. The fourth-order valence-electron chi connectivity index (χ4n) is 2.58. The Hall–Kier alpha value is -2.08. The van der Waals surface area contributed by atoms with Crippen LogP contribution in [0.2, 0.25) is 0 Å². The van der Waals surface area contributed by atoms with Crippen molar-refractivity contribution in [2.45, 2.75) is 40.2 Å². The zero-order chi connectivity index (χ0) is 18.8. The van der Waals surface area contributed by atoms with Gasteiger partial charge in [0, 0.05) is 28.6 Å². The lowest BCUT2D eigenvalue weighted by molar-refractivity contribution is -0.117. The van der Waals surface area contributed by atoms with Gasteiger partial charge in [0.05, 0.1) is 12.2 Å². The molecule has 0 unspecified atom stereocenters. The first-order valence-corrected chi connectivity index (χ1v) is 8.82. The van der Waals surface area contributed by atoms with Crippen molar-refractivity contribution in [1.82, 2.24) is 0 Å². The number of ether oxygens (including phenoxy) is 1. The SMILES string of the molecule is CCOc1cc(C(=O)c2ccc(Br)cc2)c(N(C(C)=O)C(C)(C)C)o1. The molecule has 0 aliphatic heterocycles. The lowest BCUT2D eigenvalue weighted by atomic mass is 10.0. The minimum atomic E-state index is -0.554. The number of rotatable bonds is 5. The van der Waals surface area contributed by atoms with Crippen LogP contribution in [0.5, 0.6) is 5.95 Å². The molecule has 0 saturated carbocycles. The zero-order valence-electron chi connectivity index (χ0n) is 15.1. The molecule has 0 radical (unpaired) electrons. The fourth-order valence-corrected chi connectivity index (χ4v) is 2.84. The van der Waals surface area contributed by atoms with Crippen molar-refractivity contribution in [3.8, 4) is 5.95 Å². The van der Waals surface area contributed by atoms with E-state index in [2.05, 4.69) is 15.9 Å². The fraction of sp³-hybridized carbons (Fsp3) is 0.368. The summed E-state index contributed by atoms with van der Waals surface area (Å²) in [5, 5.41) is 0. The summed E-state index contributed by atoms with van der Waals surface area (Å²) in [5.41, 5.74) is 0.253. The maximum absolute atomic E-state index is 13.0. The number of hydrogen-bond donors (Lipinski definition) is 0. The molecular weight excluding hydrogens is 386 g/mol. The first kappa shape index (κ1) is 19.2. The third kappa shape index (κ3) is 4.31. The van der Waals surface area contributed by atoms with Gasteiger partial charge >= 0.3 is 0 Å². The summed E-state index contributed by atoms with van der Waals surface area (Å²) in [6.45, 7) is 9.31. The van der Waals surface area contributed by atoms with Crippen LogP contribution < -0.4 is 9.64 Å². The summed E-state index contributed by atoms with van der Waals surface area (Å²) in [6.07, 6.45) is 0. The number of halogens is 1. The van der Waals surface area contributed by atoms with Crippen LogP contribution in [0.4, 0.5) is 5.88 Å². The molecule has 25 heavy (non-hydrogen) atoms. The number of carbonyl (C=O) groups excluding carboxylic acids is 2. The highest BCUT2D eigenvalue weighted by molar-refractivity contribution is 9.10. The average Bonchev–Trinajstić information content (AvgIpc) is 2.89. The first-order valence-electron chi connectivity index (χ1n) is 8.02. The predicted molar refractivity (Wildman–Crippen MR) is 100 cm³/mol. The average molecular weight is 408 g/mol. The molecule has 0 aliphatic carbocycles. The molecule has 1 aromatic heterocycles. The Bertz CT molecular complexity index is 772. The summed E-state index contributed by atoms with van der Waals surface area (Å²) in [5.74, 6) is -0.0210. The molecular formula is C19H22BrNO4. The topological polar surface area (TPSA) is 59.8 Å². The van der Waals surface area contributed by atoms with Crippen molar-refractivity contribution in [3.05, 3.63) is 45.9 Å². The molecule has 0 fully saturated rings. The monoisotopic (exact) mass is 407 g/mol. The van der Waals surface area contributed by atoms with Crippen molar-refractivity contribution in [2.24, 2.45) is 0 Å². The molecule has 1 heterocycles. The summed E-state index contributed by atoms with van der Waals surface area (Å²) < 4.78 is 12.0. The van der Waals surface area contributed by atoms with E-state index in [0.29, 0.717) is 17.7 Å². The highest BCUT2D eigenvalue weighted by Crippen LogP contribution is 2.35. The summed E-state index contributed by atoms with van der Waals surface area (Å²) in [6, 6.07) is 8.58. The number of amides is 1. The van der Waals surface area contributed by atoms with Crippen LogP contribution >= 0.6 is 15.9 Å². The number of furan rings is 1. The van der Waals surface area contributed by atoms with Gasteiger partial charge in [-0.15, -0.1) is 0 Å². The van der Waals surface area contributed by atoms with Gasteiger partial charge in [0.25, 0.3) is 5.95 Å². The van der Waals surface area contributed by atoms with E-state index in [1.165, 1.54) is 11.8 Å². The first-order chi connectivity index (χ1) is 11.6. The molecule has 0 bridgehead atoms. The Kier molecular flexibility index (Phi) is 5.72. The largest absolute Gasteiger partial charge is 0.465 e. The smallest absolute Gasteiger partial charge is 0.286 e. The van der Waals surface area contributed by atoms with Crippen molar-refractivity contribution in [3.63, 3.8) is 0 Å². The quantitative estimate of drug-likeness (QED) is 0.666. The zero-order valence-corrected chi connectivity index (χ0v) is 16.6. The number of ketones is 1. The molecule has 2 rings (SSSR count). The van der Waals surface area contributed by atoms with Crippen molar-refractivity contribution in [1.29, 1.82) is 0 Å². The van der Waals surface area contributed by atoms with Crippen LogP contribution in [-0.2, 0) is 4.79 Å². The molecule has 5 nitrogen and oxygen atoms in total. The van der Waals surface area contributed by atoms with Crippen molar-refractivity contribution in [2.75, 3.05) is 11.5 Å². The third-order valence-corrected chi connectivity index (χ3v) is 4.04. The Morgan fingerprint density at radius 1 is 1.20 bits per heavy atom. The lowest BCUT2D eigenvalue weighted by Gasteiger charge is -2.33. The molecule has 1 amide bonds. The molecule has 0 atom stereocenters. The normalized spacial score (nSPS) is 11.3. The maximum Gasteiger partial charge on any atom is 0.286 e. The van der Waals surface area contributed by atoms with E-state index >= 15 is 0 Å². The van der Waals surface area contributed by atoms with Crippen LogP contribution in [0.15, 0.2) is 39.2 Å². The molecule has 0 saturated heterocycles. The van der Waals surface area contributed by atoms with Gasteiger partial charge in [-0.3, -0.25) is 14.5 Å². The second-order valence-electron chi connectivity index (χ2n) is 6.58. The molecule has 6 heteroatoms. The van der Waals surface area contributed by atoms with Crippen LogP contribution in [0.1, 0.15) is 50.5 Å². The van der Waals surface area contributed by atoms with Gasteiger partial charge in [-0.25, -0.2) is 0 Å². The number of nitrogens with zero attached hydrogens (tertiary/aromatic N) is 1. The van der Waals surface area contributed by atoms with Crippen LogP contribution in [0.25, 0.3) is 0 Å². The molecule has 134 valence electrons. The Labute approximate surface area is 156 Å². The summed E-state index contributed by atoms with van der Waals surface area (Å²) in [7, 11) is 0. The summed E-state index contributed by atoms with van der Waals surface area (Å²) in [4.78, 5) is 26.7. The van der Waals surface area contributed by atoms with Gasteiger partial charge in [0.2, 0.25) is 11.8 Å². The molecule has 0 aliphatic rings. The Morgan fingerprint density at radius 2 is 1.80 bits per heavy atom. The van der Waals surface area contributed by atoms with E-state index in [1.54, 1.807) is 30.3 Å². The van der Waals surface area contributed by atoms with Gasteiger partial charge in [-0.05, 0) is 52.0 Å². The molecule has 0 spiro atoms. The van der Waals surface area contributed by atoms with Gasteiger partial charge in [-0.1, -0.05) is 15.9 Å². The maximum atomic E-state index is 13.0. The lowest BCUT2D eigenvalue weighted by Crippen LogP contribution is -2.45. The van der Waals surface area contributed by atoms with Crippen LogP contribution in [0, 0.1) is 0 Å². The molecule has 1 aromatic carbocycles. The Balaban J connectivity index is 2.57. The van der Waals surface area contributed by atoms with E-state index < -0.39 is 5.54 Å². The highest BCUT2D eigenvalue weighted by atomic mass is 79.9. The number of benzene rings is 1. The van der Waals surface area contributed by atoms with Gasteiger partial charge in [0.1, 0.15) is 0 Å². The van der Waals surface area contributed by atoms with E-state index in [-0.39, 0.29) is 23.5 Å². The van der Waals surface area contributed by atoms with Gasteiger partial charge < -0.3 is 9.15 Å². The Morgan fingerprint density at radius 3 is 2.28 bits per heavy atom.